The summed E-state index contributed by atoms with van der Waals surface area (Å²) in [4.78, 5) is 0. The maximum Gasteiger partial charge on any atom is 0.120 e. The highest BCUT2D eigenvalue weighted by Gasteiger charge is 2.04. The van der Waals surface area contributed by atoms with Crippen LogP contribution in [0.3, 0.4) is 0 Å². The average Bonchev–Trinajstić information content (AvgIpc) is 2.85. The minimum absolute atomic E-state index is 0.536. The first-order valence-corrected chi connectivity index (χ1v) is 7.93. The van der Waals surface area contributed by atoms with Gasteiger partial charge >= 0.3 is 0 Å². The SMILES string of the molecule is CC(C)CNCc1cc(OCc2cnn(C)c2)ccc1Br. The number of hydrogen-bond acceptors (Lipinski definition) is 3. The zero-order chi connectivity index (χ0) is 15.2. The van der Waals surface area contributed by atoms with Crippen LogP contribution in [0, 0.1) is 5.92 Å². The average molecular weight is 352 g/mol. The molecule has 0 spiro atoms. The fourth-order valence-electron chi connectivity index (χ4n) is 1.98. The van der Waals surface area contributed by atoms with Gasteiger partial charge in [-0.3, -0.25) is 4.68 Å². The maximum atomic E-state index is 5.83. The molecule has 0 atom stereocenters. The van der Waals surface area contributed by atoms with Crippen molar-refractivity contribution in [2.75, 3.05) is 6.54 Å². The zero-order valence-corrected chi connectivity index (χ0v) is 14.4. The molecule has 1 heterocycles. The van der Waals surface area contributed by atoms with Gasteiger partial charge in [0.25, 0.3) is 0 Å². The van der Waals surface area contributed by atoms with E-state index in [1.807, 2.05) is 31.6 Å². The Morgan fingerprint density at radius 3 is 2.86 bits per heavy atom. The second kappa shape index (κ2) is 7.61. The van der Waals surface area contributed by atoms with Crippen molar-refractivity contribution < 1.29 is 4.74 Å². The fraction of sp³-hybridized carbons (Fsp3) is 0.438. The lowest BCUT2D eigenvalue weighted by Gasteiger charge is -2.11. The van der Waals surface area contributed by atoms with Gasteiger partial charge in [-0.25, -0.2) is 0 Å². The largest absolute Gasteiger partial charge is 0.489 e. The van der Waals surface area contributed by atoms with Crippen molar-refractivity contribution in [3.05, 3.63) is 46.2 Å². The summed E-state index contributed by atoms with van der Waals surface area (Å²) < 4.78 is 8.71. The van der Waals surface area contributed by atoms with Gasteiger partial charge in [0.2, 0.25) is 0 Å². The minimum atomic E-state index is 0.536. The molecule has 0 unspecified atom stereocenters. The Morgan fingerprint density at radius 1 is 1.38 bits per heavy atom. The Balaban J connectivity index is 1.94. The van der Waals surface area contributed by atoms with Crippen molar-refractivity contribution in [2.24, 2.45) is 13.0 Å². The van der Waals surface area contributed by atoms with E-state index in [1.165, 1.54) is 5.56 Å². The quantitative estimate of drug-likeness (QED) is 0.829. The van der Waals surface area contributed by atoms with E-state index in [-0.39, 0.29) is 0 Å². The number of ether oxygens (including phenoxy) is 1. The summed E-state index contributed by atoms with van der Waals surface area (Å²) in [5, 5.41) is 7.58. The van der Waals surface area contributed by atoms with Crippen LogP contribution in [-0.4, -0.2) is 16.3 Å². The molecule has 0 saturated heterocycles. The van der Waals surface area contributed by atoms with Gasteiger partial charge < -0.3 is 10.1 Å². The van der Waals surface area contributed by atoms with Gasteiger partial charge in [0.15, 0.2) is 0 Å². The third kappa shape index (κ3) is 5.17. The first-order valence-electron chi connectivity index (χ1n) is 7.14. The molecule has 0 aliphatic rings. The Hall–Kier alpha value is -1.33. The van der Waals surface area contributed by atoms with Gasteiger partial charge in [-0.2, -0.15) is 5.10 Å². The predicted octanol–water partition coefficient (Wildman–Crippen LogP) is 3.51. The number of benzene rings is 1. The molecule has 1 aromatic heterocycles. The topological polar surface area (TPSA) is 39.1 Å². The van der Waals surface area contributed by atoms with Crippen LogP contribution in [-0.2, 0) is 20.2 Å². The van der Waals surface area contributed by atoms with Gasteiger partial charge in [0.05, 0.1) is 6.20 Å². The summed E-state index contributed by atoms with van der Waals surface area (Å²) in [6.07, 6.45) is 3.79. The van der Waals surface area contributed by atoms with E-state index < -0.39 is 0 Å². The summed E-state index contributed by atoms with van der Waals surface area (Å²) in [7, 11) is 1.90. The number of halogens is 1. The lowest BCUT2D eigenvalue weighted by molar-refractivity contribution is 0.305. The predicted molar refractivity (Wildman–Crippen MR) is 88.2 cm³/mol. The van der Waals surface area contributed by atoms with E-state index in [9.17, 15) is 0 Å². The van der Waals surface area contributed by atoms with E-state index in [0.29, 0.717) is 12.5 Å². The van der Waals surface area contributed by atoms with E-state index in [4.69, 9.17) is 4.74 Å². The number of hydrogen-bond donors (Lipinski definition) is 1. The maximum absolute atomic E-state index is 5.83. The molecule has 0 radical (unpaired) electrons. The van der Waals surface area contributed by atoms with Crippen molar-refractivity contribution in [3.8, 4) is 5.75 Å². The molecule has 0 fully saturated rings. The normalized spacial score (nSPS) is 11.1. The first-order chi connectivity index (χ1) is 10.0. The number of aryl methyl sites for hydroxylation is 1. The molecule has 2 aromatic rings. The zero-order valence-electron chi connectivity index (χ0n) is 12.8. The second-order valence-corrected chi connectivity index (χ2v) is 6.44. The molecular formula is C16H22BrN3O. The standard InChI is InChI=1S/C16H22BrN3O/c1-12(2)7-18-9-14-6-15(4-5-16(14)17)21-11-13-8-19-20(3)10-13/h4-6,8,10,12,18H,7,9,11H2,1-3H3. The first kappa shape index (κ1) is 16.0. The lowest BCUT2D eigenvalue weighted by Crippen LogP contribution is -2.19. The van der Waals surface area contributed by atoms with Crippen LogP contribution >= 0.6 is 15.9 Å². The molecule has 21 heavy (non-hydrogen) atoms. The number of nitrogens with one attached hydrogen (secondary N) is 1. The molecule has 0 aliphatic heterocycles. The summed E-state index contributed by atoms with van der Waals surface area (Å²) in [5.41, 5.74) is 2.28. The molecule has 2 rings (SSSR count). The van der Waals surface area contributed by atoms with Gasteiger partial charge in [-0.15, -0.1) is 0 Å². The molecule has 0 saturated carbocycles. The van der Waals surface area contributed by atoms with E-state index in [1.54, 1.807) is 4.68 Å². The monoisotopic (exact) mass is 351 g/mol. The minimum Gasteiger partial charge on any atom is -0.489 e. The van der Waals surface area contributed by atoms with Crippen LogP contribution in [0.2, 0.25) is 0 Å². The van der Waals surface area contributed by atoms with Gasteiger partial charge in [-0.05, 0) is 36.2 Å². The van der Waals surface area contributed by atoms with E-state index in [0.717, 1.165) is 28.9 Å². The van der Waals surface area contributed by atoms with Crippen molar-refractivity contribution in [1.82, 2.24) is 15.1 Å². The van der Waals surface area contributed by atoms with Crippen molar-refractivity contribution in [1.29, 1.82) is 0 Å². The molecule has 114 valence electrons. The third-order valence-corrected chi connectivity index (χ3v) is 3.82. The highest BCUT2D eigenvalue weighted by atomic mass is 79.9. The number of aromatic nitrogens is 2. The van der Waals surface area contributed by atoms with E-state index in [2.05, 4.69) is 46.3 Å². The highest BCUT2D eigenvalue weighted by molar-refractivity contribution is 9.10. The third-order valence-electron chi connectivity index (χ3n) is 3.05. The van der Waals surface area contributed by atoms with Crippen molar-refractivity contribution in [2.45, 2.75) is 27.0 Å². The smallest absolute Gasteiger partial charge is 0.120 e. The lowest BCUT2D eigenvalue weighted by atomic mass is 10.2. The van der Waals surface area contributed by atoms with Crippen LogP contribution in [0.15, 0.2) is 35.1 Å². The summed E-state index contributed by atoms with van der Waals surface area (Å²) in [6.45, 7) is 6.79. The van der Waals surface area contributed by atoms with Gasteiger partial charge in [0.1, 0.15) is 12.4 Å². The van der Waals surface area contributed by atoms with E-state index >= 15 is 0 Å². The number of rotatable bonds is 7. The molecule has 0 amide bonds. The van der Waals surface area contributed by atoms with Crippen LogP contribution in [0.1, 0.15) is 25.0 Å². The molecule has 0 bridgehead atoms. The Morgan fingerprint density at radius 2 is 2.19 bits per heavy atom. The molecule has 1 N–H and O–H groups in total. The molecular weight excluding hydrogens is 330 g/mol. The summed E-state index contributed by atoms with van der Waals surface area (Å²) in [5.74, 6) is 1.53. The summed E-state index contributed by atoms with van der Waals surface area (Å²) in [6, 6.07) is 6.09. The highest BCUT2D eigenvalue weighted by Crippen LogP contribution is 2.23. The van der Waals surface area contributed by atoms with Gasteiger partial charge in [-0.1, -0.05) is 29.8 Å². The molecule has 1 aromatic carbocycles. The number of nitrogens with zero attached hydrogens (tertiary/aromatic N) is 2. The molecule has 0 aliphatic carbocycles. The second-order valence-electron chi connectivity index (χ2n) is 5.59. The Bertz CT molecular complexity index is 581. The van der Waals surface area contributed by atoms with Crippen LogP contribution in [0.5, 0.6) is 5.75 Å². The molecule has 5 heteroatoms. The fourth-order valence-corrected chi connectivity index (χ4v) is 2.37. The Labute approximate surface area is 134 Å². The van der Waals surface area contributed by atoms with Crippen LogP contribution in [0.25, 0.3) is 0 Å². The van der Waals surface area contributed by atoms with Gasteiger partial charge in [0, 0.05) is 29.8 Å². The van der Waals surface area contributed by atoms with Crippen molar-refractivity contribution in [3.63, 3.8) is 0 Å². The van der Waals surface area contributed by atoms with Crippen LogP contribution in [0.4, 0.5) is 0 Å². The summed E-state index contributed by atoms with van der Waals surface area (Å²) >= 11 is 3.59. The van der Waals surface area contributed by atoms with Crippen molar-refractivity contribution >= 4 is 15.9 Å². The Kier molecular flexibility index (Phi) is 5.82. The molecule has 4 nitrogen and oxygen atoms in total. The van der Waals surface area contributed by atoms with Crippen LogP contribution < -0.4 is 10.1 Å².